The van der Waals surface area contributed by atoms with Gasteiger partial charge in [-0.25, -0.2) is 0 Å². The Morgan fingerprint density at radius 3 is 2.60 bits per heavy atom. The lowest BCUT2D eigenvalue weighted by atomic mass is 10.0. The molecule has 80 valence electrons. The van der Waals surface area contributed by atoms with Crippen LogP contribution in [0.5, 0.6) is 5.75 Å². The van der Waals surface area contributed by atoms with Crippen molar-refractivity contribution in [2.75, 3.05) is 7.11 Å². The van der Waals surface area contributed by atoms with Gasteiger partial charge in [-0.2, -0.15) is 0 Å². The van der Waals surface area contributed by atoms with E-state index in [1.807, 2.05) is 6.92 Å². The van der Waals surface area contributed by atoms with E-state index < -0.39 is 0 Å². The molecule has 0 heterocycles. The van der Waals surface area contributed by atoms with Gasteiger partial charge in [-0.1, -0.05) is 17.7 Å². The molecule has 0 radical (unpaired) electrons. The summed E-state index contributed by atoms with van der Waals surface area (Å²) < 4.78 is 5.41. The van der Waals surface area contributed by atoms with Crippen LogP contribution in [0.3, 0.4) is 0 Å². The van der Waals surface area contributed by atoms with E-state index in [2.05, 4.69) is 37.8 Å². The highest BCUT2D eigenvalue weighted by atomic mass is 16.5. The molecule has 0 amide bonds. The molecule has 0 unspecified atom stereocenters. The van der Waals surface area contributed by atoms with Gasteiger partial charge < -0.3 is 4.74 Å². The standard InChI is InChI=1S/C14H18O/c1-5-6-7-8-13-10-11(2)9-12(3)14(13)15-4/h9-10H,7-8H2,1-4H3. The van der Waals surface area contributed by atoms with Gasteiger partial charge in [0, 0.05) is 6.42 Å². The molecule has 1 aromatic carbocycles. The van der Waals surface area contributed by atoms with Gasteiger partial charge in [0.1, 0.15) is 5.75 Å². The number of hydrogen-bond acceptors (Lipinski definition) is 1. The molecule has 0 aliphatic rings. The van der Waals surface area contributed by atoms with Crippen molar-refractivity contribution in [1.82, 2.24) is 0 Å². The predicted molar refractivity (Wildman–Crippen MR) is 64.2 cm³/mol. The number of hydrogen-bond donors (Lipinski definition) is 0. The highest BCUT2D eigenvalue weighted by Gasteiger charge is 2.06. The molecule has 0 saturated heterocycles. The second-order valence-electron chi connectivity index (χ2n) is 3.70. The van der Waals surface area contributed by atoms with Crippen molar-refractivity contribution >= 4 is 0 Å². The minimum absolute atomic E-state index is 0.899. The van der Waals surface area contributed by atoms with Crippen molar-refractivity contribution in [2.45, 2.75) is 33.6 Å². The van der Waals surface area contributed by atoms with Crippen LogP contribution in [0.2, 0.25) is 0 Å². The number of benzene rings is 1. The summed E-state index contributed by atoms with van der Waals surface area (Å²) >= 11 is 0. The van der Waals surface area contributed by atoms with E-state index in [4.69, 9.17) is 4.74 Å². The Bertz CT molecular complexity index is 394. The van der Waals surface area contributed by atoms with Gasteiger partial charge in [0.2, 0.25) is 0 Å². The molecule has 1 rings (SSSR count). The van der Waals surface area contributed by atoms with Crippen LogP contribution in [-0.2, 0) is 6.42 Å². The molecule has 0 spiro atoms. The fraction of sp³-hybridized carbons (Fsp3) is 0.429. The van der Waals surface area contributed by atoms with Crippen LogP contribution in [0, 0.1) is 25.7 Å². The van der Waals surface area contributed by atoms with Crippen LogP contribution >= 0.6 is 0 Å². The quantitative estimate of drug-likeness (QED) is 0.683. The Kier molecular flexibility index (Phi) is 4.24. The topological polar surface area (TPSA) is 9.23 Å². The van der Waals surface area contributed by atoms with Crippen molar-refractivity contribution in [3.8, 4) is 17.6 Å². The first-order chi connectivity index (χ1) is 7.19. The van der Waals surface area contributed by atoms with Crippen LogP contribution in [-0.4, -0.2) is 7.11 Å². The van der Waals surface area contributed by atoms with Crippen LogP contribution in [0.15, 0.2) is 12.1 Å². The SMILES string of the molecule is CC#CCCc1cc(C)cc(C)c1OC. The maximum atomic E-state index is 5.41. The normalized spacial score (nSPS) is 9.33. The van der Waals surface area contributed by atoms with E-state index in [-0.39, 0.29) is 0 Å². The summed E-state index contributed by atoms with van der Waals surface area (Å²) in [5.74, 6) is 7.01. The Hall–Kier alpha value is -1.42. The average Bonchev–Trinajstić information content (AvgIpc) is 2.17. The molecule has 1 nitrogen and oxygen atoms in total. The first-order valence-electron chi connectivity index (χ1n) is 5.22. The number of rotatable bonds is 3. The summed E-state index contributed by atoms with van der Waals surface area (Å²) in [7, 11) is 1.73. The lowest BCUT2D eigenvalue weighted by Crippen LogP contribution is -1.96. The van der Waals surface area contributed by atoms with E-state index in [0.29, 0.717) is 0 Å². The lowest BCUT2D eigenvalue weighted by Gasteiger charge is -2.11. The van der Waals surface area contributed by atoms with Gasteiger partial charge in [0.25, 0.3) is 0 Å². The minimum atomic E-state index is 0.899. The van der Waals surface area contributed by atoms with E-state index in [1.165, 1.54) is 16.7 Å². The third-order valence-corrected chi connectivity index (χ3v) is 2.40. The molecule has 0 saturated carbocycles. The van der Waals surface area contributed by atoms with Gasteiger partial charge >= 0.3 is 0 Å². The maximum Gasteiger partial charge on any atom is 0.125 e. The fourth-order valence-electron chi connectivity index (χ4n) is 1.84. The number of aryl methyl sites for hydroxylation is 3. The van der Waals surface area contributed by atoms with Crippen LogP contribution in [0.25, 0.3) is 0 Å². The molecule has 1 heteroatoms. The zero-order valence-electron chi connectivity index (χ0n) is 9.98. The highest BCUT2D eigenvalue weighted by Crippen LogP contribution is 2.25. The van der Waals surface area contributed by atoms with Crippen LogP contribution < -0.4 is 4.74 Å². The average molecular weight is 202 g/mol. The molecule has 0 aliphatic heterocycles. The first-order valence-corrected chi connectivity index (χ1v) is 5.22. The van der Waals surface area contributed by atoms with Gasteiger partial charge in [0.05, 0.1) is 7.11 Å². The molecule has 1 aromatic rings. The van der Waals surface area contributed by atoms with Gasteiger partial charge in [0.15, 0.2) is 0 Å². The van der Waals surface area contributed by atoms with Crippen LogP contribution in [0.4, 0.5) is 0 Å². The molecule has 0 fully saturated rings. The maximum absolute atomic E-state index is 5.41. The van der Waals surface area contributed by atoms with Crippen molar-refractivity contribution in [3.05, 3.63) is 28.8 Å². The van der Waals surface area contributed by atoms with Crippen molar-refractivity contribution in [1.29, 1.82) is 0 Å². The van der Waals surface area contributed by atoms with Gasteiger partial charge in [-0.3, -0.25) is 0 Å². The van der Waals surface area contributed by atoms with E-state index >= 15 is 0 Å². The molecular weight excluding hydrogens is 184 g/mol. The highest BCUT2D eigenvalue weighted by molar-refractivity contribution is 5.44. The molecule has 0 atom stereocenters. The second-order valence-corrected chi connectivity index (χ2v) is 3.70. The van der Waals surface area contributed by atoms with Gasteiger partial charge in [-0.05, 0) is 38.3 Å². The van der Waals surface area contributed by atoms with Crippen molar-refractivity contribution in [3.63, 3.8) is 0 Å². The monoisotopic (exact) mass is 202 g/mol. The predicted octanol–water partition coefficient (Wildman–Crippen LogP) is 3.27. The zero-order valence-corrected chi connectivity index (χ0v) is 9.98. The molecular formula is C14H18O. The van der Waals surface area contributed by atoms with Crippen molar-refractivity contribution in [2.24, 2.45) is 0 Å². The Morgan fingerprint density at radius 2 is 2.00 bits per heavy atom. The number of ether oxygens (including phenoxy) is 1. The second kappa shape index (κ2) is 5.46. The van der Waals surface area contributed by atoms with Crippen molar-refractivity contribution < 1.29 is 4.74 Å². The summed E-state index contributed by atoms with van der Waals surface area (Å²) in [6, 6.07) is 4.33. The van der Waals surface area contributed by atoms with Crippen LogP contribution in [0.1, 0.15) is 30.0 Å². The Morgan fingerprint density at radius 1 is 1.27 bits per heavy atom. The van der Waals surface area contributed by atoms with E-state index in [0.717, 1.165) is 18.6 Å². The van der Waals surface area contributed by atoms with E-state index in [1.54, 1.807) is 7.11 Å². The third-order valence-electron chi connectivity index (χ3n) is 2.40. The molecule has 0 N–H and O–H groups in total. The summed E-state index contributed by atoms with van der Waals surface area (Å²) in [6.07, 6.45) is 1.86. The summed E-state index contributed by atoms with van der Waals surface area (Å²) in [5, 5.41) is 0. The largest absolute Gasteiger partial charge is 0.496 e. The summed E-state index contributed by atoms with van der Waals surface area (Å²) in [5.41, 5.74) is 3.75. The summed E-state index contributed by atoms with van der Waals surface area (Å²) in [6.45, 7) is 6.07. The minimum Gasteiger partial charge on any atom is -0.496 e. The number of methoxy groups -OCH3 is 1. The molecule has 15 heavy (non-hydrogen) atoms. The molecule has 0 aromatic heterocycles. The van der Waals surface area contributed by atoms with Gasteiger partial charge in [-0.15, -0.1) is 11.8 Å². The Balaban J connectivity index is 2.96. The fourth-order valence-corrected chi connectivity index (χ4v) is 1.84. The van der Waals surface area contributed by atoms with E-state index in [9.17, 15) is 0 Å². The third kappa shape index (κ3) is 3.02. The first kappa shape index (κ1) is 11.7. The Labute approximate surface area is 92.5 Å². The zero-order chi connectivity index (χ0) is 11.3. The smallest absolute Gasteiger partial charge is 0.125 e. The molecule has 0 bridgehead atoms. The lowest BCUT2D eigenvalue weighted by molar-refractivity contribution is 0.406. The molecule has 0 aliphatic carbocycles. The summed E-state index contributed by atoms with van der Waals surface area (Å²) in [4.78, 5) is 0.